The molecule has 0 radical (unpaired) electrons. The van der Waals surface area contributed by atoms with E-state index in [1.807, 2.05) is 18.2 Å². The molecule has 2 amide bonds. The van der Waals surface area contributed by atoms with E-state index in [1.165, 1.54) is 0 Å². The van der Waals surface area contributed by atoms with Crippen molar-refractivity contribution in [2.75, 3.05) is 19.6 Å². The number of amides is 2. The maximum Gasteiger partial charge on any atom is 0.323 e. The summed E-state index contributed by atoms with van der Waals surface area (Å²) < 4.78 is 0. The molecule has 0 aliphatic carbocycles. The molecule has 128 valence electrons. The highest BCUT2D eigenvalue weighted by atomic mass is 16.2. The molecule has 0 spiro atoms. The van der Waals surface area contributed by atoms with Gasteiger partial charge in [0.2, 0.25) is 11.8 Å². The number of imidazole rings is 1. The number of H-pyrrole nitrogens is 2. The number of rotatable bonds is 4. The van der Waals surface area contributed by atoms with Crippen molar-refractivity contribution in [3.63, 3.8) is 0 Å². The molecule has 0 saturated carbocycles. The van der Waals surface area contributed by atoms with Crippen molar-refractivity contribution in [1.82, 2.24) is 20.2 Å². The van der Waals surface area contributed by atoms with E-state index in [0.717, 1.165) is 29.4 Å². The molecule has 1 aliphatic heterocycles. The zero-order valence-corrected chi connectivity index (χ0v) is 13.7. The minimum atomic E-state index is -0.215. The van der Waals surface area contributed by atoms with Crippen LogP contribution in [0.15, 0.2) is 23.0 Å². The Hall–Kier alpha value is -2.57. The van der Waals surface area contributed by atoms with Gasteiger partial charge in [-0.2, -0.15) is 0 Å². The predicted molar refractivity (Wildman–Crippen MR) is 90.6 cm³/mol. The van der Waals surface area contributed by atoms with Gasteiger partial charge in [-0.15, -0.1) is 0 Å². The van der Waals surface area contributed by atoms with Crippen LogP contribution in [0.4, 0.5) is 0 Å². The number of aromatic nitrogens is 2. The monoisotopic (exact) mass is 330 g/mol. The first-order chi connectivity index (χ1) is 11.5. The molecule has 1 aromatic heterocycles. The van der Waals surface area contributed by atoms with Gasteiger partial charge in [-0.1, -0.05) is 6.07 Å². The van der Waals surface area contributed by atoms with Crippen LogP contribution in [0.25, 0.3) is 11.0 Å². The zero-order valence-electron chi connectivity index (χ0n) is 13.7. The number of carbonyl (C=O) groups is 2. The van der Waals surface area contributed by atoms with E-state index in [4.69, 9.17) is 0 Å². The molecule has 0 unspecified atom stereocenters. The number of aromatic amines is 2. The molecule has 3 N–H and O–H groups in total. The van der Waals surface area contributed by atoms with E-state index in [2.05, 4.69) is 15.3 Å². The largest absolute Gasteiger partial charge is 0.356 e. The molecule has 1 aliphatic rings. The molecular weight excluding hydrogens is 308 g/mol. The van der Waals surface area contributed by atoms with Crippen LogP contribution >= 0.6 is 0 Å². The fourth-order valence-electron chi connectivity index (χ4n) is 3.17. The van der Waals surface area contributed by atoms with Crippen molar-refractivity contribution in [2.45, 2.75) is 26.2 Å². The number of piperidine rings is 1. The smallest absolute Gasteiger partial charge is 0.323 e. The van der Waals surface area contributed by atoms with E-state index < -0.39 is 0 Å². The van der Waals surface area contributed by atoms with E-state index in [9.17, 15) is 14.4 Å². The maximum absolute atomic E-state index is 12.2. The second-order valence-corrected chi connectivity index (χ2v) is 6.28. The lowest BCUT2D eigenvalue weighted by Gasteiger charge is -2.30. The summed E-state index contributed by atoms with van der Waals surface area (Å²) in [4.78, 5) is 42.0. The second kappa shape index (κ2) is 6.90. The molecule has 0 bridgehead atoms. The summed E-state index contributed by atoms with van der Waals surface area (Å²) in [7, 11) is 0. The number of fused-ring (bicyclic) bond motifs is 1. The minimum absolute atomic E-state index is 0.0101. The van der Waals surface area contributed by atoms with Crippen molar-refractivity contribution in [3.8, 4) is 0 Å². The van der Waals surface area contributed by atoms with Gasteiger partial charge in [0.05, 0.1) is 11.0 Å². The summed E-state index contributed by atoms with van der Waals surface area (Å²) >= 11 is 0. The van der Waals surface area contributed by atoms with Gasteiger partial charge in [0.25, 0.3) is 0 Å². The Bertz CT molecular complexity index is 800. The van der Waals surface area contributed by atoms with Crippen LogP contribution in [0.2, 0.25) is 0 Å². The molecule has 3 rings (SSSR count). The van der Waals surface area contributed by atoms with E-state index in [1.54, 1.807) is 11.8 Å². The van der Waals surface area contributed by atoms with Gasteiger partial charge in [-0.3, -0.25) is 9.59 Å². The van der Waals surface area contributed by atoms with Crippen molar-refractivity contribution in [1.29, 1.82) is 0 Å². The average molecular weight is 330 g/mol. The highest BCUT2D eigenvalue weighted by Crippen LogP contribution is 2.17. The molecule has 7 heteroatoms. The van der Waals surface area contributed by atoms with Gasteiger partial charge in [0.15, 0.2) is 0 Å². The van der Waals surface area contributed by atoms with Gasteiger partial charge in [0.1, 0.15) is 0 Å². The standard InChI is InChI=1S/C17H22N4O3/c1-11(22)21-8-5-13(6-9-21)16(23)18-7-4-12-2-3-14-15(10-12)20-17(24)19-14/h2-3,10,13H,4-9H2,1H3,(H,18,23)(H2,19,20,24). The molecule has 1 aromatic carbocycles. The van der Waals surface area contributed by atoms with Crippen LogP contribution in [-0.4, -0.2) is 46.3 Å². The van der Waals surface area contributed by atoms with Crippen LogP contribution in [0, 0.1) is 5.92 Å². The predicted octanol–water partition coefficient (Wildman–Crippen LogP) is 0.773. The Morgan fingerprint density at radius 3 is 2.62 bits per heavy atom. The first kappa shape index (κ1) is 16.3. The molecular formula is C17H22N4O3. The summed E-state index contributed by atoms with van der Waals surface area (Å²) in [6.07, 6.45) is 2.16. The Morgan fingerprint density at radius 1 is 1.21 bits per heavy atom. The van der Waals surface area contributed by atoms with Crippen LogP contribution in [0.1, 0.15) is 25.3 Å². The topological polar surface area (TPSA) is 98.1 Å². The second-order valence-electron chi connectivity index (χ2n) is 6.28. The van der Waals surface area contributed by atoms with E-state index in [0.29, 0.717) is 26.1 Å². The van der Waals surface area contributed by atoms with E-state index in [-0.39, 0.29) is 23.4 Å². The molecule has 0 atom stereocenters. The lowest BCUT2D eigenvalue weighted by molar-refractivity contribution is -0.133. The summed E-state index contributed by atoms with van der Waals surface area (Å²) in [6, 6.07) is 5.73. The Kier molecular flexibility index (Phi) is 4.69. The normalized spacial score (nSPS) is 15.6. The van der Waals surface area contributed by atoms with Gasteiger partial charge >= 0.3 is 5.69 Å². The van der Waals surface area contributed by atoms with Gasteiger partial charge in [-0.05, 0) is 37.0 Å². The highest BCUT2D eigenvalue weighted by molar-refractivity contribution is 5.79. The lowest BCUT2D eigenvalue weighted by Crippen LogP contribution is -2.42. The fourth-order valence-corrected chi connectivity index (χ4v) is 3.17. The van der Waals surface area contributed by atoms with Crippen LogP contribution in [0.3, 0.4) is 0 Å². The average Bonchev–Trinajstić information content (AvgIpc) is 2.94. The first-order valence-electron chi connectivity index (χ1n) is 8.27. The number of benzene rings is 1. The van der Waals surface area contributed by atoms with Crippen molar-refractivity contribution < 1.29 is 9.59 Å². The minimum Gasteiger partial charge on any atom is -0.356 e. The fraction of sp³-hybridized carbons (Fsp3) is 0.471. The van der Waals surface area contributed by atoms with Crippen LogP contribution in [0.5, 0.6) is 0 Å². The van der Waals surface area contributed by atoms with Crippen LogP contribution in [-0.2, 0) is 16.0 Å². The number of nitrogens with one attached hydrogen (secondary N) is 3. The van der Waals surface area contributed by atoms with Crippen LogP contribution < -0.4 is 11.0 Å². The van der Waals surface area contributed by atoms with Crippen molar-refractivity contribution >= 4 is 22.8 Å². The summed E-state index contributed by atoms with van der Waals surface area (Å²) in [5, 5.41) is 2.98. The SMILES string of the molecule is CC(=O)N1CCC(C(=O)NCCc2ccc3[nH]c(=O)[nH]c3c2)CC1. The molecule has 2 heterocycles. The van der Waals surface area contributed by atoms with Gasteiger partial charge in [0, 0.05) is 32.5 Å². The molecule has 2 aromatic rings. The van der Waals surface area contributed by atoms with Gasteiger partial charge < -0.3 is 20.2 Å². The molecule has 24 heavy (non-hydrogen) atoms. The third-order valence-electron chi connectivity index (χ3n) is 4.60. The highest BCUT2D eigenvalue weighted by Gasteiger charge is 2.25. The number of carbonyl (C=O) groups excluding carboxylic acids is 2. The first-order valence-corrected chi connectivity index (χ1v) is 8.27. The number of likely N-dealkylation sites (tertiary alicyclic amines) is 1. The zero-order chi connectivity index (χ0) is 17.1. The summed E-state index contributed by atoms with van der Waals surface area (Å²) in [5.41, 5.74) is 2.40. The maximum atomic E-state index is 12.2. The molecule has 1 saturated heterocycles. The van der Waals surface area contributed by atoms with E-state index >= 15 is 0 Å². The third-order valence-corrected chi connectivity index (χ3v) is 4.60. The van der Waals surface area contributed by atoms with Gasteiger partial charge in [-0.25, -0.2) is 4.79 Å². The summed E-state index contributed by atoms with van der Waals surface area (Å²) in [5.74, 6) is 0.130. The lowest BCUT2D eigenvalue weighted by atomic mass is 9.96. The molecule has 1 fully saturated rings. The summed E-state index contributed by atoms with van der Waals surface area (Å²) in [6.45, 7) is 3.44. The Balaban J connectivity index is 1.47. The number of hydrogen-bond acceptors (Lipinski definition) is 3. The molecule has 7 nitrogen and oxygen atoms in total. The van der Waals surface area contributed by atoms with Crippen molar-refractivity contribution in [2.24, 2.45) is 5.92 Å². The number of nitrogens with zero attached hydrogens (tertiary/aromatic N) is 1. The van der Waals surface area contributed by atoms with Crippen molar-refractivity contribution in [3.05, 3.63) is 34.2 Å². The Labute approximate surface area is 139 Å². The third kappa shape index (κ3) is 3.67. The number of hydrogen-bond donors (Lipinski definition) is 3. The quantitative estimate of drug-likeness (QED) is 0.772. The Morgan fingerprint density at radius 2 is 1.92 bits per heavy atom.